The molecule has 1 heterocycles. The number of benzene rings is 1. The van der Waals surface area contributed by atoms with Crippen molar-refractivity contribution in [3.8, 4) is 5.75 Å². The van der Waals surface area contributed by atoms with Gasteiger partial charge in [-0.15, -0.1) is 0 Å². The summed E-state index contributed by atoms with van der Waals surface area (Å²) < 4.78 is 10.6. The number of amides is 1. The van der Waals surface area contributed by atoms with Crippen LogP contribution in [-0.2, 0) is 9.53 Å². The largest absolute Gasteiger partial charge is 0.483 e. The van der Waals surface area contributed by atoms with Crippen molar-refractivity contribution < 1.29 is 19.4 Å². The van der Waals surface area contributed by atoms with Crippen molar-refractivity contribution in [2.24, 2.45) is 0 Å². The molecule has 0 spiro atoms. The van der Waals surface area contributed by atoms with E-state index in [1.165, 1.54) is 0 Å². The molecule has 1 aromatic carbocycles. The molecule has 2 rings (SSSR count). The van der Waals surface area contributed by atoms with Crippen molar-refractivity contribution in [1.29, 1.82) is 0 Å². The number of carbonyl (C=O) groups excluding carboxylic acids is 1. The van der Waals surface area contributed by atoms with E-state index < -0.39 is 5.60 Å². The topological polar surface area (TPSA) is 67.8 Å². The second-order valence-electron chi connectivity index (χ2n) is 5.36. The van der Waals surface area contributed by atoms with E-state index in [-0.39, 0.29) is 25.7 Å². The highest BCUT2D eigenvalue weighted by Gasteiger charge is 2.32. The van der Waals surface area contributed by atoms with Gasteiger partial charge in [0.25, 0.3) is 5.91 Å². The van der Waals surface area contributed by atoms with Crippen LogP contribution in [0.3, 0.4) is 0 Å². The zero-order chi connectivity index (χ0) is 14.6. The van der Waals surface area contributed by atoms with Crippen LogP contribution < -0.4 is 10.1 Å². The zero-order valence-corrected chi connectivity index (χ0v) is 11.9. The van der Waals surface area contributed by atoms with Crippen LogP contribution in [0, 0.1) is 13.8 Å². The molecule has 110 valence electrons. The number of hydrogen-bond donors (Lipinski definition) is 2. The molecule has 1 fully saturated rings. The van der Waals surface area contributed by atoms with Gasteiger partial charge in [-0.05, 0) is 31.0 Å². The van der Waals surface area contributed by atoms with Gasteiger partial charge in [0.05, 0.1) is 6.61 Å². The fourth-order valence-electron chi connectivity index (χ4n) is 2.06. The summed E-state index contributed by atoms with van der Waals surface area (Å²) in [4.78, 5) is 11.7. The van der Waals surface area contributed by atoms with Crippen LogP contribution in [0.1, 0.15) is 17.5 Å². The maximum atomic E-state index is 11.7. The lowest BCUT2D eigenvalue weighted by Gasteiger charge is -2.20. The van der Waals surface area contributed by atoms with Gasteiger partial charge in [0.2, 0.25) is 0 Å². The molecule has 1 aromatic rings. The average molecular weight is 279 g/mol. The fraction of sp³-hybridized carbons (Fsp3) is 0.533. The molecule has 5 nitrogen and oxygen atoms in total. The van der Waals surface area contributed by atoms with Crippen LogP contribution in [0.2, 0.25) is 0 Å². The summed E-state index contributed by atoms with van der Waals surface area (Å²) in [5.74, 6) is 0.467. The first-order valence-electron chi connectivity index (χ1n) is 6.75. The Labute approximate surface area is 118 Å². The highest BCUT2D eigenvalue weighted by atomic mass is 16.5. The highest BCUT2D eigenvalue weighted by Crippen LogP contribution is 2.19. The Bertz CT molecular complexity index is 481. The molecule has 1 saturated heterocycles. The number of nitrogens with one attached hydrogen (secondary N) is 1. The van der Waals surface area contributed by atoms with E-state index in [4.69, 9.17) is 9.47 Å². The predicted octanol–water partition coefficient (Wildman–Crippen LogP) is 0.950. The molecular formula is C15H21NO4. The molecule has 0 aromatic heterocycles. The Morgan fingerprint density at radius 1 is 1.50 bits per heavy atom. The Balaban J connectivity index is 1.79. The van der Waals surface area contributed by atoms with E-state index >= 15 is 0 Å². The smallest absolute Gasteiger partial charge is 0.258 e. The number of ether oxygens (including phenoxy) is 2. The SMILES string of the molecule is Cc1ccc(C)c(OCC(=O)NCC2(O)CCOC2)c1. The van der Waals surface area contributed by atoms with Gasteiger partial charge in [0.1, 0.15) is 11.4 Å². The van der Waals surface area contributed by atoms with E-state index in [0.717, 1.165) is 11.1 Å². The van der Waals surface area contributed by atoms with Crippen LogP contribution in [0.25, 0.3) is 0 Å². The van der Waals surface area contributed by atoms with Crippen molar-refractivity contribution in [2.75, 3.05) is 26.4 Å². The maximum absolute atomic E-state index is 11.7. The van der Waals surface area contributed by atoms with Crippen LogP contribution in [0.4, 0.5) is 0 Å². The van der Waals surface area contributed by atoms with Crippen molar-refractivity contribution in [1.82, 2.24) is 5.32 Å². The third-order valence-electron chi connectivity index (χ3n) is 3.40. The zero-order valence-electron chi connectivity index (χ0n) is 11.9. The lowest BCUT2D eigenvalue weighted by atomic mass is 10.0. The van der Waals surface area contributed by atoms with Gasteiger partial charge in [0.15, 0.2) is 6.61 Å². The molecule has 0 bridgehead atoms. The van der Waals surface area contributed by atoms with Crippen molar-refractivity contribution in [2.45, 2.75) is 25.9 Å². The number of rotatable bonds is 5. The van der Waals surface area contributed by atoms with Crippen LogP contribution in [-0.4, -0.2) is 43.0 Å². The van der Waals surface area contributed by atoms with E-state index in [2.05, 4.69) is 5.32 Å². The lowest BCUT2D eigenvalue weighted by Crippen LogP contribution is -2.44. The highest BCUT2D eigenvalue weighted by molar-refractivity contribution is 5.77. The van der Waals surface area contributed by atoms with E-state index in [1.807, 2.05) is 32.0 Å². The van der Waals surface area contributed by atoms with Gasteiger partial charge in [-0.3, -0.25) is 4.79 Å². The predicted molar refractivity (Wildman–Crippen MR) is 74.8 cm³/mol. The second kappa shape index (κ2) is 6.24. The third-order valence-corrected chi connectivity index (χ3v) is 3.40. The molecule has 5 heteroatoms. The first-order chi connectivity index (χ1) is 9.48. The normalized spacial score (nSPS) is 21.8. The lowest BCUT2D eigenvalue weighted by molar-refractivity contribution is -0.124. The molecule has 1 atom stereocenters. The Hall–Kier alpha value is -1.59. The summed E-state index contributed by atoms with van der Waals surface area (Å²) >= 11 is 0. The Morgan fingerprint density at radius 3 is 3.00 bits per heavy atom. The number of hydrogen-bond acceptors (Lipinski definition) is 4. The van der Waals surface area contributed by atoms with Gasteiger partial charge in [-0.1, -0.05) is 12.1 Å². The molecule has 1 amide bonds. The summed E-state index contributed by atoms with van der Waals surface area (Å²) in [6, 6.07) is 5.86. The molecule has 1 aliphatic rings. The van der Waals surface area contributed by atoms with E-state index in [0.29, 0.717) is 18.8 Å². The Morgan fingerprint density at radius 2 is 2.30 bits per heavy atom. The first kappa shape index (κ1) is 14.8. The number of carbonyl (C=O) groups is 1. The molecule has 1 unspecified atom stereocenters. The van der Waals surface area contributed by atoms with Gasteiger partial charge >= 0.3 is 0 Å². The number of aliphatic hydroxyl groups is 1. The van der Waals surface area contributed by atoms with E-state index in [9.17, 15) is 9.90 Å². The first-order valence-corrected chi connectivity index (χ1v) is 6.75. The quantitative estimate of drug-likeness (QED) is 0.842. The summed E-state index contributed by atoms with van der Waals surface area (Å²) in [5.41, 5.74) is 1.14. The van der Waals surface area contributed by atoms with Crippen molar-refractivity contribution in [3.63, 3.8) is 0 Å². The molecule has 1 aliphatic heterocycles. The summed E-state index contributed by atoms with van der Waals surface area (Å²) in [6.07, 6.45) is 0.547. The average Bonchev–Trinajstić information content (AvgIpc) is 2.85. The molecular weight excluding hydrogens is 258 g/mol. The minimum atomic E-state index is -0.936. The molecule has 0 radical (unpaired) electrons. The van der Waals surface area contributed by atoms with Gasteiger partial charge in [-0.25, -0.2) is 0 Å². The van der Waals surface area contributed by atoms with E-state index in [1.54, 1.807) is 0 Å². The molecule has 0 aliphatic carbocycles. The molecule has 0 saturated carbocycles. The van der Waals surface area contributed by atoms with Crippen LogP contribution >= 0.6 is 0 Å². The third kappa shape index (κ3) is 3.95. The second-order valence-corrected chi connectivity index (χ2v) is 5.36. The van der Waals surface area contributed by atoms with Gasteiger partial charge in [0, 0.05) is 19.6 Å². The standard InChI is InChI=1S/C15H21NO4/c1-11-3-4-12(2)13(7-11)20-8-14(17)16-9-15(18)5-6-19-10-15/h3-4,7,18H,5-6,8-10H2,1-2H3,(H,16,17). The van der Waals surface area contributed by atoms with Gasteiger partial charge in [-0.2, -0.15) is 0 Å². The monoisotopic (exact) mass is 279 g/mol. The van der Waals surface area contributed by atoms with Crippen molar-refractivity contribution in [3.05, 3.63) is 29.3 Å². The number of aryl methyl sites for hydroxylation is 2. The van der Waals surface area contributed by atoms with Gasteiger partial charge < -0.3 is 19.9 Å². The minimum absolute atomic E-state index is 0.0543. The summed E-state index contributed by atoms with van der Waals surface area (Å²) in [7, 11) is 0. The fourth-order valence-corrected chi connectivity index (χ4v) is 2.06. The summed E-state index contributed by atoms with van der Waals surface area (Å²) in [6.45, 7) is 4.85. The minimum Gasteiger partial charge on any atom is -0.483 e. The van der Waals surface area contributed by atoms with Crippen LogP contribution in [0.5, 0.6) is 5.75 Å². The Kier molecular flexibility index (Phi) is 4.62. The van der Waals surface area contributed by atoms with Crippen LogP contribution in [0.15, 0.2) is 18.2 Å². The maximum Gasteiger partial charge on any atom is 0.258 e. The summed E-state index contributed by atoms with van der Waals surface area (Å²) in [5, 5.41) is 12.7. The molecule has 20 heavy (non-hydrogen) atoms. The van der Waals surface area contributed by atoms with Crippen molar-refractivity contribution >= 4 is 5.91 Å². The molecule has 2 N–H and O–H groups in total.